The number of aliphatic hydroxyl groups is 1. The summed E-state index contributed by atoms with van der Waals surface area (Å²) in [6.45, 7) is 7.95. The summed E-state index contributed by atoms with van der Waals surface area (Å²) in [4.78, 5) is 41.7. The monoisotopic (exact) mass is 443 g/mol. The van der Waals surface area contributed by atoms with Gasteiger partial charge in [0.15, 0.2) is 0 Å². The number of aryl methyl sites for hydroxylation is 2. The van der Waals surface area contributed by atoms with Crippen molar-refractivity contribution in [3.05, 3.63) is 29.3 Å². The fourth-order valence-electron chi connectivity index (χ4n) is 6.04. The van der Waals surface area contributed by atoms with Crippen LogP contribution in [0.15, 0.2) is 18.2 Å². The molecule has 3 heterocycles. The van der Waals surface area contributed by atoms with Gasteiger partial charge in [-0.25, -0.2) is 0 Å². The molecule has 4 rings (SSSR count). The normalized spacial score (nSPS) is 32.8. The number of nitrogens with zero attached hydrogens (tertiary/aromatic N) is 1. The van der Waals surface area contributed by atoms with Crippen LogP contribution in [0, 0.1) is 25.7 Å². The lowest BCUT2D eigenvalue weighted by molar-refractivity contribution is -0.145. The van der Waals surface area contributed by atoms with Crippen LogP contribution in [0.25, 0.3) is 0 Å². The van der Waals surface area contributed by atoms with Gasteiger partial charge in [0.1, 0.15) is 11.6 Å². The summed E-state index contributed by atoms with van der Waals surface area (Å²) in [5, 5.41) is 15.6. The summed E-state index contributed by atoms with van der Waals surface area (Å²) in [6.07, 6.45) is 1.91. The number of carbonyl (C=O) groups excluding carboxylic acids is 3. The van der Waals surface area contributed by atoms with E-state index >= 15 is 0 Å². The average Bonchev–Trinajstić information content (AvgIpc) is 3.30. The van der Waals surface area contributed by atoms with E-state index in [1.165, 1.54) is 4.90 Å². The van der Waals surface area contributed by atoms with E-state index in [0.29, 0.717) is 25.1 Å². The third kappa shape index (κ3) is 3.23. The van der Waals surface area contributed by atoms with Crippen molar-refractivity contribution in [3.63, 3.8) is 0 Å². The molecule has 0 saturated carbocycles. The first-order valence-corrected chi connectivity index (χ1v) is 11.5. The number of hydrogen-bond donors (Lipinski definition) is 3. The largest absolute Gasteiger partial charge is 0.395 e. The first kappa shape index (κ1) is 22.7. The number of anilines is 1. The lowest BCUT2D eigenvalue weighted by Crippen LogP contribution is -2.54. The molecule has 174 valence electrons. The maximum Gasteiger partial charge on any atom is 0.250 e. The number of carbonyl (C=O) groups is 3. The Hall–Kier alpha value is -2.45. The van der Waals surface area contributed by atoms with Crippen LogP contribution < -0.4 is 10.6 Å². The summed E-state index contributed by atoms with van der Waals surface area (Å²) in [5.74, 6) is -2.23. The highest BCUT2D eigenvalue weighted by molar-refractivity contribution is 6.04. The maximum absolute atomic E-state index is 13.7. The van der Waals surface area contributed by atoms with E-state index in [2.05, 4.69) is 10.6 Å². The Kier molecular flexibility index (Phi) is 5.79. The first-order chi connectivity index (χ1) is 15.2. The molecule has 2 unspecified atom stereocenters. The zero-order valence-electron chi connectivity index (χ0n) is 19.2. The van der Waals surface area contributed by atoms with Crippen LogP contribution in [-0.4, -0.2) is 64.7 Å². The summed E-state index contributed by atoms with van der Waals surface area (Å²) in [7, 11) is 0. The number of likely N-dealkylation sites (tertiary alicyclic amines) is 1. The molecule has 3 amide bonds. The van der Waals surface area contributed by atoms with E-state index in [0.717, 1.165) is 17.5 Å². The van der Waals surface area contributed by atoms with Gasteiger partial charge in [0.25, 0.3) is 0 Å². The van der Waals surface area contributed by atoms with Crippen LogP contribution in [-0.2, 0) is 19.1 Å². The highest BCUT2D eigenvalue weighted by atomic mass is 16.5. The molecule has 1 spiro atoms. The van der Waals surface area contributed by atoms with Crippen LogP contribution in [0.5, 0.6) is 0 Å². The van der Waals surface area contributed by atoms with Crippen LogP contribution in [0.4, 0.5) is 5.69 Å². The molecule has 3 N–H and O–H groups in total. The lowest BCUT2D eigenvalue weighted by Gasteiger charge is -2.33. The van der Waals surface area contributed by atoms with Gasteiger partial charge in [0.05, 0.1) is 24.0 Å². The number of benzene rings is 1. The summed E-state index contributed by atoms with van der Waals surface area (Å²) in [6, 6.07) is 4.86. The van der Waals surface area contributed by atoms with Crippen LogP contribution in [0.2, 0.25) is 0 Å². The van der Waals surface area contributed by atoms with Crippen LogP contribution in [0.3, 0.4) is 0 Å². The van der Waals surface area contributed by atoms with Crippen molar-refractivity contribution in [1.82, 2.24) is 10.2 Å². The molecular formula is C24H33N3O5. The highest BCUT2D eigenvalue weighted by Gasteiger charge is 2.77. The molecular weight excluding hydrogens is 410 g/mol. The molecule has 0 aromatic heterocycles. The van der Waals surface area contributed by atoms with Crippen molar-refractivity contribution in [2.45, 2.75) is 64.2 Å². The quantitative estimate of drug-likeness (QED) is 0.592. The van der Waals surface area contributed by atoms with Crippen LogP contribution >= 0.6 is 0 Å². The predicted octanol–water partition coefficient (Wildman–Crippen LogP) is 1.53. The average molecular weight is 444 g/mol. The Labute approximate surface area is 188 Å². The Morgan fingerprint density at radius 2 is 1.91 bits per heavy atom. The number of amides is 3. The number of nitrogens with one attached hydrogen (secondary N) is 2. The molecule has 32 heavy (non-hydrogen) atoms. The van der Waals surface area contributed by atoms with Gasteiger partial charge in [0, 0.05) is 18.8 Å². The van der Waals surface area contributed by atoms with Crippen molar-refractivity contribution in [2.24, 2.45) is 11.8 Å². The molecule has 1 aromatic rings. The highest BCUT2D eigenvalue weighted by Crippen LogP contribution is 2.63. The second-order valence-electron chi connectivity index (χ2n) is 9.53. The smallest absolute Gasteiger partial charge is 0.250 e. The zero-order valence-corrected chi connectivity index (χ0v) is 19.2. The van der Waals surface area contributed by atoms with E-state index in [1.807, 2.05) is 45.9 Å². The summed E-state index contributed by atoms with van der Waals surface area (Å²) < 4.78 is 6.50. The molecule has 3 aliphatic rings. The van der Waals surface area contributed by atoms with Crippen molar-refractivity contribution in [3.8, 4) is 0 Å². The van der Waals surface area contributed by atoms with Crippen molar-refractivity contribution >= 4 is 23.4 Å². The van der Waals surface area contributed by atoms with Crippen molar-refractivity contribution in [1.29, 1.82) is 0 Å². The second kappa shape index (κ2) is 8.15. The standard InChI is InChI=1S/C24H33N3O5/c1-5-11-25-20(29)16-17-22(31)27(12-13-28)19(24(17)10-9-23(16,4)32-24)21(30)26-18-14(2)7-6-8-15(18)3/h6-8,16-17,19,28H,5,9-13H2,1-4H3,(H,25,29)(H,26,30)/t16-,17+,19?,23+,24?/m1/s1. The van der Waals surface area contributed by atoms with Crippen LogP contribution in [0.1, 0.15) is 44.2 Å². The van der Waals surface area contributed by atoms with E-state index in [1.54, 1.807) is 0 Å². The van der Waals surface area contributed by atoms with Crippen molar-refractivity contribution < 1.29 is 24.2 Å². The topological polar surface area (TPSA) is 108 Å². The van der Waals surface area contributed by atoms with Gasteiger partial charge in [-0.05, 0) is 51.2 Å². The number of β-amino-alcohol motifs (C(OH)–C–C–N with tert-alkyl or cyclic N) is 1. The van der Waals surface area contributed by atoms with Gasteiger partial charge in [-0.1, -0.05) is 25.1 Å². The van der Waals surface area contributed by atoms with E-state index in [4.69, 9.17) is 4.74 Å². The Morgan fingerprint density at radius 1 is 1.22 bits per heavy atom. The molecule has 5 atom stereocenters. The maximum atomic E-state index is 13.7. The van der Waals surface area contributed by atoms with Gasteiger partial charge in [-0.3, -0.25) is 14.4 Å². The Bertz CT molecular complexity index is 929. The molecule has 3 saturated heterocycles. The Balaban J connectivity index is 1.72. The molecule has 8 nitrogen and oxygen atoms in total. The zero-order chi connectivity index (χ0) is 23.3. The molecule has 1 aromatic carbocycles. The first-order valence-electron chi connectivity index (χ1n) is 11.5. The third-order valence-electron chi connectivity index (χ3n) is 7.43. The lowest BCUT2D eigenvalue weighted by atomic mass is 9.66. The SMILES string of the molecule is CCCNC(=O)[C@H]1[C@H]2C(=O)N(CCO)C(C(=O)Nc3c(C)cccc3C)C23CC[C@]1(C)O3. The van der Waals surface area contributed by atoms with Gasteiger partial charge in [-0.2, -0.15) is 0 Å². The third-order valence-corrected chi connectivity index (χ3v) is 7.43. The Morgan fingerprint density at radius 3 is 2.53 bits per heavy atom. The fraction of sp³-hybridized carbons (Fsp3) is 0.625. The minimum Gasteiger partial charge on any atom is -0.395 e. The van der Waals surface area contributed by atoms with E-state index < -0.39 is 29.1 Å². The number of fused-ring (bicyclic) bond motifs is 1. The van der Waals surface area contributed by atoms with E-state index in [-0.39, 0.29) is 30.9 Å². The van der Waals surface area contributed by atoms with Crippen molar-refractivity contribution in [2.75, 3.05) is 25.0 Å². The van der Waals surface area contributed by atoms with Gasteiger partial charge in [0.2, 0.25) is 17.7 Å². The van der Waals surface area contributed by atoms with Gasteiger partial charge < -0.3 is 25.4 Å². The fourth-order valence-corrected chi connectivity index (χ4v) is 6.04. The molecule has 2 bridgehead atoms. The summed E-state index contributed by atoms with van der Waals surface area (Å²) in [5.41, 5.74) is 0.692. The molecule has 3 aliphatic heterocycles. The molecule has 3 fully saturated rings. The second-order valence-corrected chi connectivity index (χ2v) is 9.53. The van der Waals surface area contributed by atoms with Gasteiger partial charge >= 0.3 is 0 Å². The summed E-state index contributed by atoms with van der Waals surface area (Å²) >= 11 is 0. The predicted molar refractivity (Wildman–Crippen MR) is 119 cm³/mol. The van der Waals surface area contributed by atoms with Gasteiger partial charge in [-0.15, -0.1) is 0 Å². The van der Waals surface area contributed by atoms with E-state index in [9.17, 15) is 19.5 Å². The molecule has 0 aliphatic carbocycles. The number of rotatable bonds is 7. The number of hydrogen-bond acceptors (Lipinski definition) is 5. The molecule has 0 radical (unpaired) electrons. The number of aliphatic hydroxyl groups excluding tert-OH is 1. The minimum atomic E-state index is -1.07. The minimum absolute atomic E-state index is 0.0191. The number of para-hydroxylation sites is 1. The number of ether oxygens (including phenoxy) is 1. The molecule has 8 heteroatoms.